The summed E-state index contributed by atoms with van der Waals surface area (Å²) in [7, 11) is 0. The lowest BCUT2D eigenvalue weighted by Gasteiger charge is -2.05. The number of nitrogens with two attached hydrogens (primary N) is 1. The molecule has 0 aliphatic rings. The third-order valence-corrected chi connectivity index (χ3v) is 2.12. The van der Waals surface area contributed by atoms with Gasteiger partial charge in [0, 0.05) is 17.8 Å². The van der Waals surface area contributed by atoms with E-state index in [2.05, 4.69) is 9.97 Å². The van der Waals surface area contributed by atoms with E-state index in [-0.39, 0.29) is 0 Å². The Morgan fingerprint density at radius 2 is 2.47 bits per heavy atom. The predicted octanol–water partition coefficient (Wildman–Crippen LogP) is 1.32. The van der Waals surface area contributed by atoms with Gasteiger partial charge < -0.3 is 15.5 Å². The quantitative estimate of drug-likeness (QED) is 0.724. The van der Waals surface area contributed by atoms with E-state index in [1.54, 1.807) is 19.2 Å². The molecule has 2 aromatic heterocycles. The van der Waals surface area contributed by atoms with E-state index in [1.807, 2.05) is 0 Å². The maximum absolute atomic E-state index is 11.5. The van der Waals surface area contributed by atoms with Crippen molar-refractivity contribution in [2.24, 2.45) is 0 Å². The van der Waals surface area contributed by atoms with Crippen LogP contribution >= 0.6 is 0 Å². The molecule has 0 bridgehead atoms. The fourth-order valence-electron chi connectivity index (χ4n) is 1.40. The zero-order chi connectivity index (χ0) is 10.8. The summed E-state index contributed by atoms with van der Waals surface area (Å²) >= 11 is 0. The summed E-state index contributed by atoms with van der Waals surface area (Å²) < 4.78 is 4.87. The lowest BCUT2D eigenvalue weighted by Crippen LogP contribution is -2.08. The summed E-state index contributed by atoms with van der Waals surface area (Å²) in [5.74, 6) is -0.439. The van der Waals surface area contributed by atoms with Gasteiger partial charge in [0.1, 0.15) is 11.2 Å². The molecular weight excluding hydrogens is 194 g/mol. The highest BCUT2D eigenvalue weighted by Crippen LogP contribution is 2.22. The molecule has 3 N–H and O–H groups in total. The zero-order valence-electron chi connectivity index (χ0n) is 8.28. The number of fused-ring (bicyclic) bond motifs is 1. The number of ether oxygens (including phenoxy) is 1. The normalized spacial score (nSPS) is 10.5. The highest BCUT2D eigenvalue weighted by molar-refractivity contribution is 6.03. The Morgan fingerprint density at radius 3 is 3.20 bits per heavy atom. The fraction of sp³-hybridized carbons (Fsp3) is 0.200. The van der Waals surface area contributed by atoms with E-state index < -0.39 is 5.97 Å². The SMILES string of the molecule is CCOC(=O)c1cnc2[nH]ccc2c1N. The molecule has 5 heteroatoms. The first-order chi connectivity index (χ1) is 7.24. The highest BCUT2D eigenvalue weighted by Gasteiger charge is 2.14. The first-order valence-electron chi connectivity index (χ1n) is 4.62. The summed E-state index contributed by atoms with van der Waals surface area (Å²) in [5, 5.41) is 0.737. The number of pyridine rings is 1. The summed E-state index contributed by atoms with van der Waals surface area (Å²) in [6.45, 7) is 2.07. The minimum absolute atomic E-state index is 0.309. The number of nitrogens with one attached hydrogen (secondary N) is 1. The molecule has 0 unspecified atom stereocenters. The van der Waals surface area contributed by atoms with Crippen LogP contribution in [0, 0.1) is 0 Å². The van der Waals surface area contributed by atoms with Gasteiger partial charge in [0.05, 0.1) is 12.3 Å². The van der Waals surface area contributed by atoms with Crippen LogP contribution in [0.5, 0.6) is 0 Å². The van der Waals surface area contributed by atoms with Crippen LogP contribution in [0.4, 0.5) is 5.69 Å². The Labute approximate surface area is 86.3 Å². The second-order valence-corrected chi connectivity index (χ2v) is 3.05. The molecule has 0 saturated carbocycles. The molecule has 0 amide bonds. The topological polar surface area (TPSA) is 81.0 Å². The molecule has 0 aromatic carbocycles. The first kappa shape index (κ1) is 9.51. The summed E-state index contributed by atoms with van der Waals surface area (Å²) in [5.41, 5.74) is 7.21. The van der Waals surface area contributed by atoms with E-state index in [4.69, 9.17) is 10.5 Å². The number of esters is 1. The van der Waals surface area contributed by atoms with Gasteiger partial charge in [-0.15, -0.1) is 0 Å². The number of carbonyl (C=O) groups is 1. The molecule has 2 aromatic rings. The van der Waals surface area contributed by atoms with Crippen molar-refractivity contribution in [3.8, 4) is 0 Å². The van der Waals surface area contributed by atoms with Crippen LogP contribution in [0.2, 0.25) is 0 Å². The minimum atomic E-state index is -0.439. The standard InChI is InChI=1S/C10H11N3O2/c1-2-15-10(14)7-5-13-9-6(8(7)11)3-4-12-9/h3-5H,2H2,1H3,(H3,11,12,13). The van der Waals surface area contributed by atoms with Crippen molar-refractivity contribution >= 4 is 22.7 Å². The number of anilines is 1. The van der Waals surface area contributed by atoms with Crippen LogP contribution < -0.4 is 5.73 Å². The van der Waals surface area contributed by atoms with Gasteiger partial charge in [-0.1, -0.05) is 0 Å². The summed E-state index contributed by atoms with van der Waals surface area (Å²) in [6, 6.07) is 1.78. The van der Waals surface area contributed by atoms with Crippen molar-refractivity contribution in [1.82, 2.24) is 9.97 Å². The van der Waals surface area contributed by atoms with Gasteiger partial charge in [0.15, 0.2) is 0 Å². The molecule has 0 aliphatic heterocycles. The number of nitrogen functional groups attached to an aromatic ring is 1. The number of rotatable bonds is 2. The minimum Gasteiger partial charge on any atom is -0.462 e. The second kappa shape index (κ2) is 3.61. The van der Waals surface area contributed by atoms with E-state index in [0.29, 0.717) is 23.5 Å². The van der Waals surface area contributed by atoms with Crippen LogP contribution in [-0.4, -0.2) is 22.5 Å². The molecule has 0 fully saturated rings. The van der Waals surface area contributed by atoms with Gasteiger partial charge in [-0.25, -0.2) is 9.78 Å². The smallest absolute Gasteiger partial charge is 0.341 e. The summed E-state index contributed by atoms with van der Waals surface area (Å²) in [6.07, 6.45) is 3.15. The van der Waals surface area contributed by atoms with E-state index in [9.17, 15) is 4.79 Å². The molecule has 0 saturated heterocycles. The van der Waals surface area contributed by atoms with Gasteiger partial charge in [-0.05, 0) is 13.0 Å². The maximum Gasteiger partial charge on any atom is 0.341 e. The number of aromatic amines is 1. The predicted molar refractivity (Wildman–Crippen MR) is 56.5 cm³/mol. The van der Waals surface area contributed by atoms with E-state index in [0.717, 1.165) is 5.39 Å². The van der Waals surface area contributed by atoms with Crippen LogP contribution in [0.15, 0.2) is 18.5 Å². The van der Waals surface area contributed by atoms with Gasteiger partial charge in [0.25, 0.3) is 0 Å². The fourth-order valence-corrected chi connectivity index (χ4v) is 1.40. The van der Waals surface area contributed by atoms with Gasteiger partial charge in [-0.2, -0.15) is 0 Å². The van der Waals surface area contributed by atoms with Crippen LogP contribution in [0.3, 0.4) is 0 Å². The molecule has 78 valence electrons. The molecule has 15 heavy (non-hydrogen) atoms. The third-order valence-electron chi connectivity index (χ3n) is 2.12. The number of H-pyrrole nitrogens is 1. The number of hydrogen-bond donors (Lipinski definition) is 2. The Kier molecular flexibility index (Phi) is 2.29. The van der Waals surface area contributed by atoms with Crippen molar-refractivity contribution in [2.45, 2.75) is 6.92 Å². The molecule has 0 atom stereocenters. The third kappa shape index (κ3) is 1.52. The summed E-state index contributed by atoms with van der Waals surface area (Å²) in [4.78, 5) is 18.5. The van der Waals surface area contributed by atoms with E-state index in [1.165, 1.54) is 6.20 Å². The van der Waals surface area contributed by atoms with Crippen molar-refractivity contribution in [2.75, 3.05) is 12.3 Å². The largest absolute Gasteiger partial charge is 0.462 e. The van der Waals surface area contributed by atoms with Crippen molar-refractivity contribution < 1.29 is 9.53 Å². The molecule has 5 nitrogen and oxygen atoms in total. The van der Waals surface area contributed by atoms with Crippen LogP contribution in [0.25, 0.3) is 11.0 Å². The Morgan fingerprint density at radius 1 is 1.67 bits per heavy atom. The second-order valence-electron chi connectivity index (χ2n) is 3.05. The Hall–Kier alpha value is -2.04. The van der Waals surface area contributed by atoms with Crippen LogP contribution in [-0.2, 0) is 4.74 Å². The molecular formula is C10H11N3O2. The number of hydrogen-bond acceptors (Lipinski definition) is 4. The molecule has 2 rings (SSSR count). The van der Waals surface area contributed by atoms with Crippen molar-refractivity contribution in [3.63, 3.8) is 0 Å². The van der Waals surface area contributed by atoms with E-state index >= 15 is 0 Å². The van der Waals surface area contributed by atoms with Gasteiger partial charge in [0.2, 0.25) is 0 Å². The first-order valence-corrected chi connectivity index (χ1v) is 4.62. The molecule has 2 heterocycles. The number of aromatic nitrogens is 2. The maximum atomic E-state index is 11.5. The average molecular weight is 205 g/mol. The lowest BCUT2D eigenvalue weighted by atomic mass is 10.2. The van der Waals surface area contributed by atoms with Gasteiger partial charge in [-0.3, -0.25) is 0 Å². The Bertz CT molecular complexity index is 504. The monoisotopic (exact) mass is 205 g/mol. The molecule has 0 spiro atoms. The van der Waals surface area contributed by atoms with Crippen molar-refractivity contribution in [1.29, 1.82) is 0 Å². The number of nitrogens with zero attached hydrogens (tertiary/aromatic N) is 1. The van der Waals surface area contributed by atoms with Gasteiger partial charge >= 0.3 is 5.97 Å². The molecule has 0 aliphatic carbocycles. The zero-order valence-corrected chi connectivity index (χ0v) is 8.28. The lowest BCUT2D eigenvalue weighted by molar-refractivity contribution is 0.0527. The average Bonchev–Trinajstić information content (AvgIpc) is 2.67. The molecule has 0 radical (unpaired) electrons. The highest BCUT2D eigenvalue weighted by atomic mass is 16.5. The number of carbonyl (C=O) groups excluding carboxylic acids is 1. The van der Waals surface area contributed by atoms with Crippen LogP contribution in [0.1, 0.15) is 17.3 Å². The van der Waals surface area contributed by atoms with Crippen molar-refractivity contribution in [3.05, 3.63) is 24.0 Å². The Balaban J connectivity index is 2.52.